The fraction of sp³-hybridized carbons (Fsp3) is 0.583. The molecule has 1 aliphatic heterocycles. The number of nitrogens with zero attached hydrogens (tertiary/aromatic N) is 4. The molecule has 2 aromatic heterocycles. The van der Waals surface area contributed by atoms with Crippen LogP contribution in [-0.4, -0.2) is 46.2 Å². The first-order chi connectivity index (χ1) is 9.24. The molecular weight excluding hydrogens is 262 g/mol. The fourth-order valence-electron chi connectivity index (χ4n) is 2.20. The number of rotatable bonds is 3. The summed E-state index contributed by atoms with van der Waals surface area (Å²) < 4.78 is 5.32. The molecule has 0 aromatic carbocycles. The average molecular weight is 279 g/mol. The van der Waals surface area contributed by atoms with E-state index < -0.39 is 0 Å². The van der Waals surface area contributed by atoms with Crippen LogP contribution in [0, 0.1) is 6.92 Å². The van der Waals surface area contributed by atoms with Gasteiger partial charge in [-0.2, -0.15) is 4.98 Å². The molecule has 19 heavy (non-hydrogen) atoms. The van der Waals surface area contributed by atoms with Crippen molar-refractivity contribution in [2.45, 2.75) is 19.9 Å². The highest BCUT2D eigenvalue weighted by Crippen LogP contribution is 2.23. The first-order valence-electron chi connectivity index (χ1n) is 6.45. The number of nitrogens with one attached hydrogen (secondary N) is 1. The summed E-state index contributed by atoms with van der Waals surface area (Å²) in [6, 6.07) is 0.180. The van der Waals surface area contributed by atoms with Gasteiger partial charge in [0.15, 0.2) is 5.82 Å². The van der Waals surface area contributed by atoms with E-state index in [1.165, 1.54) is 0 Å². The highest BCUT2D eigenvalue weighted by molar-refractivity contribution is 7.09. The summed E-state index contributed by atoms with van der Waals surface area (Å²) in [5.74, 6) is 1.25. The molecule has 6 nitrogen and oxygen atoms in total. The Morgan fingerprint density at radius 2 is 2.16 bits per heavy atom. The molecule has 0 saturated carbocycles. The van der Waals surface area contributed by atoms with E-state index in [2.05, 4.69) is 32.3 Å². The first-order valence-corrected chi connectivity index (χ1v) is 7.33. The zero-order chi connectivity index (χ0) is 13.2. The number of hydrogen-bond donors (Lipinski definition) is 1. The van der Waals surface area contributed by atoms with E-state index in [-0.39, 0.29) is 6.04 Å². The molecule has 2 aromatic rings. The maximum Gasteiger partial charge on any atom is 0.277 e. The largest absolute Gasteiger partial charge is 0.332 e. The van der Waals surface area contributed by atoms with Crippen molar-refractivity contribution in [1.29, 1.82) is 0 Å². The molecule has 3 heterocycles. The van der Waals surface area contributed by atoms with E-state index in [0.717, 1.165) is 42.7 Å². The maximum absolute atomic E-state index is 5.32. The number of piperazine rings is 1. The predicted molar refractivity (Wildman–Crippen MR) is 73.0 cm³/mol. The summed E-state index contributed by atoms with van der Waals surface area (Å²) in [5, 5.41) is 10.4. The zero-order valence-electron chi connectivity index (χ0n) is 11.1. The molecule has 0 amide bonds. The highest BCUT2D eigenvalue weighted by Gasteiger charge is 2.23. The molecule has 1 aliphatic rings. The van der Waals surface area contributed by atoms with Crippen LogP contribution in [0.4, 0.5) is 0 Å². The second kappa shape index (κ2) is 5.36. The maximum atomic E-state index is 5.32. The summed E-state index contributed by atoms with van der Waals surface area (Å²) in [4.78, 5) is 11.2. The van der Waals surface area contributed by atoms with Crippen molar-refractivity contribution in [3.63, 3.8) is 0 Å². The standard InChI is InChI=1S/C12H17N5OS/c1-8(17-5-3-13-4-6-17)11-15-12(18-16-11)10-7-19-9(2)14-10/h7-8,13H,3-6H2,1-2H3. The molecule has 1 N–H and O–H groups in total. The van der Waals surface area contributed by atoms with Crippen molar-refractivity contribution in [3.05, 3.63) is 16.2 Å². The number of aromatic nitrogens is 3. The lowest BCUT2D eigenvalue weighted by Gasteiger charge is -2.30. The van der Waals surface area contributed by atoms with Gasteiger partial charge in [-0.15, -0.1) is 11.3 Å². The van der Waals surface area contributed by atoms with Crippen molar-refractivity contribution in [2.75, 3.05) is 26.2 Å². The van der Waals surface area contributed by atoms with Crippen LogP contribution in [0.2, 0.25) is 0 Å². The Morgan fingerprint density at radius 3 is 2.84 bits per heavy atom. The van der Waals surface area contributed by atoms with E-state index in [4.69, 9.17) is 4.52 Å². The number of aryl methyl sites for hydroxylation is 1. The Hall–Kier alpha value is -1.31. The van der Waals surface area contributed by atoms with Crippen molar-refractivity contribution in [3.8, 4) is 11.6 Å². The predicted octanol–water partition coefficient (Wildman–Crippen LogP) is 1.47. The Morgan fingerprint density at radius 1 is 1.37 bits per heavy atom. The Balaban J connectivity index is 1.76. The van der Waals surface area contributed by atoms with Crippen molar-refractivity contribution in [1.82, 2.24) is 25.3 Å². The average Bonchev–Trinajstić information content (AvgIpc) is 3.07. The minimum absolute atomic E-state index is 0.180. The van der Waals surface area contributed by atoms with Gasteiger partial charge in [-0.05, 0) is 13.8 Å². The molecule has 1 fully saturated rings. The monoisotopic (exact) mass is 279 g/mol. The normalized spacial score (nSPS) is 18.6. The molecule has 102 valence electrons. The molecule has 0 bridgehead atoms. The van der Waals surface area contributed by atoms with Crippen molar-refractivity contribution < 1.29 is 4.52 Å². The van der Waals surface area contributed by atoms with Crippen LogP contribution < -0.4 is 5.32 Å². The van der Waals surface area contributed by atoms with Gasteiger partial charge in [-0.25, -0.2) is 4.98 Å². The Labute approximate surface area is 115 Å². The summed E-state index contributed by atoms with van der Waals surface area (Å²) >= 11 is 1.59. The highest BCUT2D eigenvalue weighted by atomic mass is 32.1. The van der Waals surface area contributed by atoms with Gasteiger partial charge in [0.2, 0.25) is 0 Å². The van der Waals surface area contributed by atoms with Gasteiger partial charge in [0.1, 0.15) is 5.69 Å². The third kappa shape index (κ3) is 2.68. The van der Waals surface area contributed by atoms with E-state index in [9.17, 15) is 0 Å². The third-order valence-electron chi connectivity index (χ3n) is 3.35. The lowest BCUT2D eigenvalue weighted by atomic mass is 10.2. The molecule has 7 heteroatoms. The minimum atomic E-state index is 0.180. The van der Waals surface area contributed by atoms with Crippen LogP contribution in [-0.2, 0) is 0 Å². The van der Waals surface area contributed by atoms with Gasteiger partial charge >= 0.3 is 0 Å². The van der Waals surface area contributed by atoms with Gasteiger partial charge in [0.05, 0.1) is 11.0 Å². The lowest BCUT2D eigenvalue weighted by Crippen LogP contribution is -2.44. The van der Waals surface area contributed by atoms with Gasteiger partial charge < -0.3 is 9.84 Å². The summed E-state index contributed by atoms with van der Waals surface area (Å²) in [6.07, 6.45) is 0. The van der Waals surface area contributed by atoms with Crippen LogP contribution in [0.25, 0.3) is 11.6 Å². The smallest absolute Gasteiger partial charge is 0.277 e. The van der Waals surface area contributed by atoms with Gasteiger partial charge in [0, 0.05) is 31.6 Å². The quantitative estimate of drug-likeness (QED) is 0.917. The third-order valence-corrected chi connectivity index (χ3v) is 4.13. The molecule has 3 rings (SSSR count). The molecule has 1 saturated heterocycles. The second-order valence-electron chi connectivity index (χ2n) is 4.67. The van der Waals surface area contributed by atoms with Crippen LogP contribution in [0.15, 0.2) is 9.90 Å². The van der Waals surface area contributed by atoms with E-state index in [1.54, 1.807) is 11.3 Å². The molecular formula is C12H17N5OS. The van der Waals surface area contributed by atoms with Gasteiger partial charge in [0.25, 0.3) is 5.89 Å². The lowest BCUT2D eigenvalue weighted by molar-refractivity contribution is 0.176. The molecule has 0 spiro atoms. The second-order valence-corrected chi connectivity index (χ2v) is 5.73. The van der Waals surface area contributed by atoms with Crippen molar-refractivity contribution in [2.24, 2.45) is 0 Å². The van der Waals surface area contributed by atoms with Crippen LogP contribution >= 0.6 is 11.3 Å². The molecule has 0 aliphatic carbocycles. The molecule has 0 radical (unpaired) electrons. The molecule has 1 atom stereocenters. The first kappa shape index (κ1) is 12.7. The SMILES string of the molecule is Cc1nc(-c2nc(C(C)N3CCNCC3)no2)cs1. The molecule has 1 unspecified atom stereocenters. The van der Waals surface area contributed by atoms with Gasteiger partial charge in [-0.1, -0.05) is 5.16 Å². The summed E-state index contributed by atoms with van der Waals surface area (Å²) in [5.41, 5.74) is 0.772. The summed E-state index contributed by atoms with van der Waals surface area (Å²) in [7, 11) is 0. The van der Waals surface area contributed by atoms with E-state index >= 15 is 0 Å². The number of hydrogen-bond acceptors (Lipinski definition) is 7. The van der Waals surface area contributed by atoms with Crippen LogP contribution in [0.1, 0.15) is 23.8 Å². The Kier molecular flexibility index (Phi) is 3.58. The zero-order valence-corrected chi connectivity index (χ0v) is 11.9. The van der Waals surface area contributed by atoms with Crippen molar-refractivity contribution >= 4 is 11.3 Å². The topological polar surface area (TPSA) is 67.1 Å². The number of thiazole rings is 1. The van der Waals surface area contributed by atoms with Gasteiger partial charge in [-0.3, -0.25) is 4.90 Å². The van der Waals surface area contributed by atoms with E-state index in [1.807, 2.05) is 12.3 Å². The van der Waals surface area contributed by atoms with Crippen LogP contribution in [0.5, 0.6) is 0 Å². The summed E-state index contributed by atoms with van der Waals surface area (Å²) in [6.45, 7) is 8.14. The minimum Gasteiger partial charge on any atom is -0.332 e. The van der Waals surface area contributed by atoms with E-state index in [0.29, 0.717) is 5.89 Å². The van der Waals surface area contributed by atoms with Crippen LogP contribution in [0.3, 0.4) is 0 Å². The Bertz CT molecular complexity index is 546. The fourth-order valence-corrected chi connectivity index (χ4v) is 2.79.